The lowest BCUT2D eigenvalue weighted by Gasteiger charge is -2.36. The predicted molar refractivity (Wildman–Crippen MR) is 117 cm³/mol. The summed E-state index contributed by atoms with van der Waals surface area (Å²) >= 11 is 0. The van der Waals surface area contributed by atoms with Crippen LogP contribution < -0.4 is 14.4 Å². The highest BCUT2D eigenvalue weighted by Gasteiger charge is 2.20. The molecule has 1 N–H and O–H groups in total. The summed E-state index contributed by atoms with van der Waals surface area (Å²) < 4.78 is 47.2. The van der Waals surface area contributed by atoms with Gasteiger partial charge in [0.2, 0.25) is 10.0 Å². The Morgan fingerprint density at radius 2 is 1.70 bits per heavy atom. The van der Waals surface area contributed by atoms with Gasteiger partial charge in [0.15, 0.2) is 0 Å². The number of piperazine rings is 1. The molecule has 0 saturated carbocycles. The van der Waals surface area contributed by atoms with Crippen LogP contribution in [0.4, 0.5) is 10.1 Å². The second-order valence-electron chi connectivity index (χ2n) is 7.62. The number of rotatable bonds is 8. The molecule has 0 bridgehead atoms. The molecule has 8 heteroatoms. The molecule has 2 aromatic carbocycles. The molecule has 3 rings (SSSR count). The lowest BCUT2D eigenvalue weighted by Crippen LogP contribution is -2.47. The van der Waals surface area contributed by atoms with Crippen molar-refractivity contribution >= 4 is 15.7 Å². The van der Waals surface area contributed by atoms with Crippen molar-refractivity contribution in [2.45, 2.75) is 25.2 Å². The van der Waals surface area contributed by atoms with Crippen molar-refractivity contribution in [2.75, 3.05) is 51.3 Å². The lowest BCUT2D eigenvalue weighted by atomic mass is 10.1. The molecule has 0 atom stereocenters. The molecule has 6 nitrogen and oxygen atoms in total. The van der Waals surface area contributed by atoms with E-state index in [-0.39, 0.29) is 10.7 Å². The number of nitrogens with zero attached hydrogens (tertiary/aromatic N) is 2. The minimum Gasteiger partial charge on any atom is -0.496 e. The van der Waals surface area contributed by atoms with E-state index in [2.05, 4.69) is 14.5 Å². The van der Waals surface area contributed by atoms with Gasteiger partial charge >= 0.3 is 0 Å². The Hall–Kier alpha value is -2.16. The van der Waals surface area contributed by atoms with Gasteiger partial charge in [-0.15, -0.1) is 0 Å². The Balaban J connectivity index is 1.46. The van der Waals surface area contributed by atoms with Crippen molar-refractivity contribution in [3.05, 3.63) is 53.3 Å². The topological polar surface area (TPSA) is 61.9 Å². The summed E-state index contributed by atoms with van der Waals surface area (Å²) in [5.74, 6) is 0.521. The Morgan fingerprint density at radius 3 is 2.30 bits per heavy atom. The smallest absolute Gasteiger partial charge is 0.240 e. The maximum Gasteiger partial charge on any atom is 0.240 e. The fourth-order valence-electron chi connectivity index (χ4n) is 3.90. The third kappa shape index (κ3) is 5.30. The molecule has 0 radical (unpaired) electrons. The lowest BCUT2D eigenvalue weighted by molar-refractivity contribution is 0.255. The van der Waals surface area contributed by atoms with Gasteiger partial charge < -0.3 is 9.64 Å². The first-order chi connectivity index (χ1) is 14.3. The van der Waals surface area contributed by atoms with Crippen LogP contribution in [0.15, 0.2) is 41.3 Å². The highest BCUT2D eigenvalue weighted by atomic mass is 32.2. The Labute approximate surface area is 178 Å². The quantitative estimate of drug-likeness (QED) is 0.646. The van der Waals surface area contributed by atoms with Crippen molar-refractivity contribution in [3.63, 3.8) is 0 Å². The molecular weight excluding hydrogens is 405 g/mol. The van der Waals surface area contributed by atoms with E-state index in [0.29, 0.717) is 24.4 Å². The summed E-state index contributed by atoms with van der Waals surface area (Å²) in [5, 5.41) is 0. The van der Waals surface area contributed by atoms with E-state index < -0.39 is 10.0 Å². The fraction of sp³-hybridized carbons (Fsp3) is 0.455. The van der Waals surface area contributed by atoms with Crippen LogP contribution in [0.3, 0.4) is 0 Å². The third-order valence-electron chi connectivity index (χ3n) is 5.46. The van der Waals surface area contributed by atoms with Crippen LogP contribution in [0.25, 0.3) is 0 Å². The summed E-state index contributed by atoms with van der Waals surface area (Å²) in [6, 6.07) is 10.1. The first kappa shape index (κ1) is 22.5. The number of nitrogens with one attached hydrogen (secondary N) is 1. The first-order valence-corrected chi connectivity index (χ1v) is 11.7. The minimum absolute atomic E-state index is 0.190. The van der Waals surface area contributed by atoms with Crippen molar-refractivity contribution in [1.82, 2.24) is 9.62 Å². The molecule has 0 unspecified atom stereocenters. The molecule has 0 aliphatic carbocycles. The highest BCUT2D eigenvalue weighted by molar-refractivity contribution is 7.89. The molecule has 1 aliphatic rings. The number of sulfonamides is 1. The van der Waals surface area contributed by atoms with Gasteiger partial charge in [-0.05, 0) is 62.2 Å². The van der Waals surface area contributed by atoms with E-state index in [0.717, 1.165) is 43.9 Å². The van der Waals surface area contributed by atoms with Crippen LogP contribution >= 0.6 is 0 Å². The molecule has 164 valence electrons. The molecule has 2 aromatic rings. The summed E-state index contributed by atoms with van der Waals surface area (Å²) in [6.07, 6.45) is 0.715. The van der Waals surface area contributed by atoms with Crippen LogP contribution in [0, 0.1) is 19.7 Å². The third-order valence-corrected chi connectivity index (χ3v) is 6.90. The van der Waals surface area contributed by atoms with Crippen molar-refractivity contribution in [1.29, 1.82) is 0 Å². The second kappa shape index (κ2) is 9.76. The molecule has 30 heavy (non-hydrogen) atoms. The van der Waals surface area contributed by atoms with Crippen molar-refractivity contribution in [2.24, 2.45) is 0 Å². The maximum absolute atomic E-state index is 13.9. The number of benzene rings is 2. The fourth-order valence-corrected chi connectivity index (χ4v) is 5.14. The number of ether oxygens (including phenoxy) is 1. The van der Waals surface area contributed by atoms with Crippen LogP contribution in [-0.2, 0) is 10.0 Å². The average Bonchev–Trinajstić information content (AvgIpc) is 2.72. The molecule has 1 aliphatic heterocycles. The molecule has 0 aromatic heterocycles. The van der Waals surface area contributed by atoms with Gasteiger partial charge in [0, 0.05) is 32.7 Å². The van der Waals surface area contributed by atoms with Crippen LogP contribution in [-0.4, -0.2) is 59.7 Å². The van der Waals surface area contributed by atoms with E-state index >= 15 is 0 Å². The number of hydrogen-bond acceptors (Lipinski definition) is 5. The van der Waals surface area contributed by atoms with Gasteiger partial charge in [-0.1, -0.05) is 12.1 Å². The first-order valence-electron chi connectivity index (χ1n) is 10.2. The van der Waals surface area contributed by atoms with Crippen LogP contribution in [0.2, 0.25) is 0 Å². The van der Waals surface area contributed by atoms with Gasteiger partial charge in [0.1, 0.15) is 11.6 Å². The van der Waals surface area contributed by atoms with Gasteiger partial charge in [-0.25, -0.2) is 17.5 Å². The molecule has 0 amide bonds. The normalized spacial score (nSPS) is 15.4. The van der Waals surface area contributed by atoms with Crippen molar-refractivity contribution in [3.8, 4) is 5.75 Å². The van der Waals surface area contributed by atoms with Crippen LogP contribution in [0.1, 0.15) is 17.5 Å². The zero-order valence-corrected chi connectivity index (χ0v) is 18.6. The molecule has 1 fully saturated rings. The molecule has 1 saturated heterocycles. The molecular formula is C22H30FN3O3S. The predicted octanol–water partition coefficient (Wildman–Crippen LogP) is 2.94. The zero-order chi connectivity index (χ0) is 21.7. The minimum atomic E-state index is -3.56. The van der Waals surface area contributed by atoms with Crippen molar-refractivity contribution < 1.29 is 17.5 Å². The monoisotopic (exact) mass is 435 g/mol. The number of halogens is 1. The number of anilines is 1. The number of hydrogen-bond donors (Lipinski definition) is 1. The highest BCUT2D eigenvalue weighted by Crippen LogP contribution is 2.26. The van der Waals surface area contributed by atoms with E-state index in [1.54, 1.807) is 25.3 Å². The van der Waals surface area contributed by atoms with Gasteiger partial charge in [0.05, 0.1) is 17.7 Å². The summed E-state index contributed by atoms with van der Waals surface area (Å²) in [5.41, 5.74) is 2.24. The standard InChI is InChI=1S/C22H30FN3O3S/c1-17-15-19(16-18(2)22(17)29-3)30(27,28)24-9-6-10-25-11-13-26(14-12-25)21-8-5-4-7-20(21)23/h4-5,7-8,15-16,24H,6,9-14H2,1-3H3. The van der Waals surface area contributed by atoms with Gasteiger partial charge in [-0.3, -0.25) is 4.90 Å². The number of methoxy groups -OCH3 is 1. The summed E-state index contributed by atoms with van der Waals surface area (Å²) in [7, 11) is -1.98. The zero-order valence-electron chi connectivity index (χ0n) is 17.8. The second-order valence-corrected chi connectivity index (χ2v) is 9.39. The van der Waals surface area contributed by atoms with E-state index in [1.165, 1.54) is 6.07 Å². The summed E-state index contributed by atoms with van der Waals surface area (Å²) in [6.45, 7) is 8.04. The van der Waals surface area contributed by atoms with Crippen LogP contribution in [0.5, 0.6) is 5.75 Å². The van der Waals surface area contributed by atoms with E-state index in [9.17, 15) is 12.8 Å². The van der Waals surface area contributed by atoms with E-state index in [4.69, 9.17) is 4.74 Å². The van der Waals surface area contributed by atoms with Gasteiger partial charge in [0.25, 0.3) is 0 Å². The number of para-hydroxylation sites is 1. The number of aryl methyl sites for hydroxylation is 2. The molecule has 0 spiro atoms. The average molecular weight is 436 g/mol. The SMILES string of the molecule is COc1c(C)cc(S(=O)(=O)NCCCN2CCN(c3ccccc3F)CC2)cc1C. The largest absolute Gasteiger partial charge is 0.496 e. The van der Waals surface area contributed by atoms with Gasteiger partial charge in [-0.2, -0.15) is 0 Å². The Kier molecular flexibility index (Phi) is 7.33. The van der Waals surface area contributed by atoms with E-state index in [1.807, 2.05) is 26.0 Å². The Morgan fingerprint density at radius 1 is 1.07 bits per heavy atom. The maximum atomic E-state index is 13.9. The molecule has 1 heterocycles. The Bertz CT molecular complexity index is 950. The summed E-state index contributed by atoms with van der Waals surface area (Å²) in [4.78, 5) is 4.60.